The van der Waals surface area contributed by atoms with E-state index in [1.54, 1.807) is 12.1 Å². The fraction of sp³-hybridized carbons (Fsp3) is 0.381. The molecule has 140 valence electrons. The molecule has 0 unspecified atom stereocenters. The summed E-state index contributed by atoms with van der Waals surface area (Å²) in [5, 5.41) is 2.88. The second kappa shape index (κ2) is 9.92. The van der Waals surface area contributed by atoms with Gasteiger partial charge in [-0.15, -0.1) is 0 Å². The number of halogens is 1. The van der Waals surface area contributed by atoms with Crippen molar-refractivity contribution in [2.24, 2.45) is 0 Å². The molecule has 0 aliphatic carbocycles. The van der Waals surface area contributed by atoms with E-state index in [9.17, 15) is 9.18 Å². The highest BCUT2D eigenvalue weighted by Gasteiger charge is 2.07. The molecule has 1 amide bonds. The Kier molecular flexibility index (Phi) is 7.60. The van der Waals surface area contributed by atoms with Crippen molar-refractivity contribution in [3.63, 3.8) is 0 Å². The quantitative estimate of drug-likeness (QED) is 0.749. The number of likely N-dealkylation sites (N-methyl/N-ethyl adjacent to an activating group) is 1. The Labute approximate surface area is 155 Å². The molecule has 2 aromatic rings. The molecule has 0 aromatic heterocycles. The van der Waals surface area contributed by atoms with E-state index < -0.39 is 0 Å². The lowest BCUT2D eigenvalue weighted by molar-refractivity contribution is -0.121. The minimum Gasteiger partial charge on any atom is -0.492 e. The van der Waals surface area contributed by atoms with Gasteiger partial charge in [0.1, 0.15) is 18.2 Å². The molecule has 0 bridgehead atoms. The maximum absolute atomic E-state index is 12.8. The van der Waals surface area contributed by atoms with Gasteiger partial charge in [-0.2, -0.15) is 0 Å². The molecule has 0 heterocycles. The van der Waals surface area contributed by atoms with Gasteiger partial charge in [0.05, 0.1) is 6.54 Å². The first-order valence-electron chi connectivity index (χ1n) is 8.83. The third kappa shape index (κ3) is 7.23. The van der Waals surface area contributed by atoms with Crippen molar-refractivity contribution in [1.29, 1.82) is 0 Å². The predicted molar refractivity (Wildman–Crippen MR) is 102 cm³/mol. The Morgan fingerprint density at radius 2 is 1.77 bits per heavy atom. The van der Waals surface area contributed by atoms with Gasteiger partial charge in [-0.1, -0.05) is 18.2 Å². The van der Waals surface area contributed by atoms with E-state index in [2.05, 4.69) is 11.4 Å². The molecule has 0 fully saturated rings. The second-order valence-corrected chi connectivity index (χ2v) is 6.64. The van der Waals surface area contributed by atoms with Crippen LogP contribution in [-0.4, -0.2) is 44.1 Å². The van der Waals surface area contributed by atoms with Crippen LogP contribution in [0.15, 0.2) is 42.5 Å². The number of hydrogen-bond acceptors (Lipinski definition) is 3. The van der Waals surface area contributed by atoms with Crippen molar-refractivity contribution in [2.75, 3.05) is 33.3 Å². The van der Waals surface area contributed by atoms with Gasteiger partial charge in [0, 0.05) is 13.1 Å². The highest BCUT2D eigenvalue weighted by atomic mass is 19.1. The van der Waals surface area contributed by atoms with Crippen molar-refractivity contribution < 1.29 is 13.9 Å². The van der Waals surface area contributed by atoms with E-state index in [0.29, 0.717) is 32.7 Å². The van der Waals surface area contributed by atoms with Gasteiger partial charge < -0.3 is 10.1 Å². The van der Waals surface area contributed by atoms with Crippen LogP contribution in [-0.2, 0) is 11.2 Å². The van der Waals surface area contributed by atoms with Crippen molar-refractivity contribution in [3.8, 4) is 5.75 Å². The van der Waals surface area contributed by atoms with Crippen LogP contribution in [0.3, 0.4) is 0 Å². The summed E-state index contributed by atoms with van der Waals surface area (Å²) in [6.45, 7) is 6.14. The molecule has 1 N–H and O–H groups in total. The minimum absolute atomic E-state index is 0.0268. The van der Waals surface area contributed by atoms with Crippen LogP contribution in [0, 0.1) is 19.7 Å². The number of carbonyl (C=O) groups excluding carboxylic acids is 1. The zero-order chi connectivity index (χ0) is 18.9. The van der Waals surface area contributed by atoms with Crippen molar-refractivity contribution in [3.05, 3.63) is 65.0 Å². The van der Waals surface area contributed by atoms with Gasteiger partial charge in [-0.05, 0) is 68.3 Å². The molecule has 5 heteroatoms. The molecular weight excluding hydrogens is 331 g/mol. The monoisotopic (exact) mass is 358 g/mol. The Hall–Kier alpha value is -2.40. The average Bonchev–Trinajstić information content (AvgIpc) is 2.55. The SMILES string of the molecule is Cc1cc(C)cc(OCCN(C)CC(=O)NCCc2ccc(F)cc2)c1. The zero-order valence-electron chi connectivity index (χ0n) is 15.7. The fourth-order valence-electron chi connectivity index (χ4n) is 2.71. The Bertz CT molecular complexity index is 696. The lowest BCUT2D eigenvalue weighted by atomic mass is 10.1. The average molecular weight is 358 g/mol. The molecule has 2 aromatic carbocycles. The summed E-state index contributed by atoms with van der Waals surface area (Å²) in [6, 6.07) is 12.5. The Morgan fingerprint density at radius 1 is 1.12 bits per heavy atom. The molecule has 0 saturated heterocycles. The molecule has 0 atom stereocenters. The molecule has 2 rings (SSSR count). The number of nitrogens with zero attached hydrogens (tertiary/aromatic N) is 1. The minimum atomic E-state index is -0.248. The standard InChI is InChI=1S/C21H27FN2O2/c1-16-12-17(2)14-20(13-16)26-11-10-24(3)15-21(25)23-9-8-18-4-6-19(22)7-5-18/h4-7,12-14H,8-11,15H2,1-3H3,(H,23,25). The first kappa shape index (κ1) is 19.9. The number of aryl methyl sites for hydroxylation is 2. The Balaban J connectivity index is 1.62. The smallest absolute Gasteiger partial charge is 0.234 e. The summed E-state index contributed by atoms with van der Waals surface area (Å²) in [7, 11) is 1.89. The van der Waals surface area contributed by atoms with Crippen molar-refractivity contribution >= 4 is 5.91 Å². The van der Waals surface area contributed by atoms with Gasteiger partial charge in [0.25, 0.3) is 0 Å². The summed E-state index contributed by atoms with van der Waals surface area (Å²) in [5.41, 5.74) is 3.35. The molecule has 0 aliphatic heterocycles. The maximum Gasteiger partial charge on any atom is 0.234 e. The number of hydrogen-bond donors (Lipinski definition) is 1. The number of ether oxygens (including phenoxy) is 1. The van der Waals surface area contributed by atoms with E-state index in [4.69, 9.17) is 4.74 Å². The second-order valence-electron chi connectivity index (χ2n) is 6.64. The summed E-state index contributed by atoms with van der Waals surface area (Å²) in [4.78, 5) is 13.9. The van der Waals surface area contributed by atoms with Crippen LogP contribution in [0.25, 0.3) is 0 Å². The molecule has 0 radical (unpaired) electrons. The predicted octanol–water partition coefficient (Wildman–Crippen LogP) is 3.11. The largest absolute Gasteiger partial charge is 0.492 e. The van der Waals surface area contributed by atoms with E-state index in [0.717, 1.165) is 11.3 Å². The normalized spacial score (nSPS) is 10.8. The molecule has 4 nitrogen and oxygen atoms in total. The highest BCUT2D eigenvalue weighted by molar-refractivity contribution is 5.77. The molecule has 0 aliphatic rings. The third-order valence-electron chi connectivity index (χ3n) is 4.00. The lowest BCUT2D eigenvalue weighted by Crippen LogP contribution is -2.37. The number of benzene rings is 2. The topological polar surface area (TPSA) is 41.6 Å². The molecule has 0 spiro atoms. The van der Waals surface area contributed by atoms with Gasteiger partial charge in [0.2, 0.25) is 5.91 Å². The van der Waals surface area contributed by atoms with E-state index in [-0.39, 0.29) is 11.7 Å². The lowest BCUT2D eigenvalue weighted by Gasteiger charge is -2.17. The van der Waals surface area contributed by atoms with Gasteiger partial charge in [-0.25, -0.2) is 4.39 Å². The van der Waals surface area contributed by atoms with Gasteiger partial charge in [0.15, 0.2) is 0 Å². The van der Waals surface area contributed by atoms with Crippen LogP contribution in [0.2, 0.25) is 0 Å². The van der Waals surface area contributed by atoms with E-state index in [1.165, 1.54) is 23.3 Å². The fourth-order valence-corrected chi connectivity index (χ4v) is 2.71. The first-order chi connectivity index (χ1) is 12.4. The third-order valence-corrected chi connectivity index (χ3v) is 4.00. The van der Waals surface area contributed by atoms with E-state index in [1.807, 2.05) is 37.9 Å². The Morgan fingerprint density at radius 3 is 2.42 bits per heavy atom. The van der Waals surface area contributed by atoms with Gasteiger partial charge >= 0.3 is 0 Å². The number of carbonyl (C=O) groups is 1. The van der Waals surface area contributed by atoms with Crippen LogP contribution >= 0.6 is 0 Å². The zero-order valence-corrected chi connectivity index (χ0v) is 15.7. The van der Waals surface area contributed by atoms with E-state index >= 15 is 0 Å². The number of rotatable bonds is 9. The number of amides is 1. The maximum atomic E-state index is 12.8. The van der Waals surface area contributed by atoms with Crippen molar-refractivity contribution in [1.82, 2.24) is 10.2 Å². The van der Waals surface area contributed by atoms with Crippen LogP contribution in [0.4, 0.5) is 4.39 Å². The molecular formula is C21H27FN2O2. The van der Waals surface area contributed by atoms with Crippen molar-refractivity contribution in [2.45, 2.75) is 20.3 Å². The summed E-state index contributed by atoms with van der Waals surface area (Å²) < 4.78 is 18.6. The van der Waals surface area contributed by atoms with Crippen LogP contribution < -0.4 is 10.1 Å². The number of nitrogens with one attached hydrogen (secondary N) is 1. The highest BCUT2D eigenvalue weighted by Crippen LogP contribution is 2.15. The summed E-state index contributed by atoms with van der Waals surface area (Å²) in [6.07, 6.45) is 0.686. The summed E-state index contributed by atoms with van der Waals surface area (Å²) >= 11 is 0. The van der Waals surface area contributed by atoms with Crippen LogP contribution in [0.1, 0.15) is 16.7 Å². The molecule has 0 saturated carbocycles. The van der Waals surface area contributed by atoms with Crippen LogP contribution in [0.5, 0.6) is 5.75 Å². The first-order valence-corrected chi connectivity index (χ1v) is 8.83. The van der Waals surface area contributed by atoms with Gasteiger partial charge in [-0.3, -0.25) is 9.69 Å². The summed E-state index contributed by atoms with van der Waals surface area (Å²) in [5.74, 6) is 0.586. The molecule has 26 heavy (non-hydrogen) atoms.